The summed E-state index contributed by atoms with van der Waals surface area (Å²) in [4.78, 5) is 0. The van der Waals surface area contributed by atoms with E-state index in [-0.39, 0.29) is 5.41 Å². The molecule has 0 bridgehead atoms. The molecule has 1 fully saturated rings. The Balaban J connectivity index is 2.06. The molecule has 2 unspecified atom stereocenters. The molecule has 0 saturated carbocycles. The molecule has 18 heavy (non-hydrogen) atoms. The predicted molar refractivity (Wildman–Crippen MR) is 70.5 cm³/mol. The molecule has 3 nitrogen and oxygen atoms in total. The van der Waals surface area contributed by atoms with Crippen LogP contribution in [-0.4, -0.2) is 30.5 Å². The van der Waals surface area contributed by atoms with Gasteiger partial charge in [-0.1, -0.05) is 24.3 Å². The van der Waals surface area contributed by atoms with E-state index in [1.807, 2.05) is 6.07 Å². The fraction of sp³-hybridized carbons (Fsp3) is 0.600. The van der Waals surface area contributed by atoms with Crippen LogP contribution < -0.4 is 5.73 Å². The summed E-state index contributed by atoms with van der Waals surface area (Å²) < 4.78 is 5.53. The van der Waals surface area contributed by atoms with Gasteiger partial charge in [0, 0.05) is 18.6 Å². The molecule has 98 valence electrons. The predicted octanol–water partition coefficient (Wildman–Crippen LogP) is 1.37. The van der Waals surface area contributed by atoms with Crippen LogP contribution in [0.1, 0.15) is 30.4 Å². The Hall–Kier alpha value is -0.900. The quantitative estimate of drug-likeness (QED) is 0.830. The van der Waals surface area contributed by atoms with Gasteiger partial charge in [-0.25, -0.2) is 0 Å². The molecular weight excluding hydrogens is 226 g/mol. The van der Waals surface area contributed by atoms with Crippen molar-refractivity contribution < 1.29 is 9.84 Å². The number of hydrogen-bond donors (Lipinski definition) is 2. The Morgan fingerprint density at radius 1 is 1.28 bits per heavy atom. The highest BCUT2D eigenvalue weighted by molar-refractivity contribution is 5.43. The van der Waals surface area contributed by atoms with E-state index in [4.69, 9.17) is 10.5 Å². The average molecular weight is 247 g/mol. The molecule has 0 spiro atoms. The molecule has 3 rings (SSSR count). The lowest BCUT2D eigenvalue weighted by molar-refractivity contribution is -0.130. The molecule has 1 aromatic rings. The van der Waals surface area contributed by atoms with Crippen molar-refractivity contribution in [1.29, 1.82) is 0 Å². The van der Waals surface area contributed by atoms with E-state index in [2.05, 4.69) is 18.2 Å². The molecule has 3 N–H and O–H groups in total. The maximum Gasteiger partial charge on any atom is 0.0989 e. The third kappa shape index (κ3) is 1.54. The van der Waals surface area contributed by atoms with E-state index in [1.165, 1.54) is 11.1 Å². The van der Waals surface area contributed by atoms with Crippen molar-refractivity contribution in [1.82, 2.24) is 0 Å². The van der Waals surface area contributed by atoms with Crippen molar-refractivity contribution in [3.05, 3.63) is 35.4 Å². The van der Waals surface area contributed by atoms with Crippen molar-refractivity contribution in [3.8, 4) is 0 Å². The Labute approximate surface area is 108 Å². The van der Waals surface area contributed by atoms with Gasteiger partial charge in [0.1, 0.15) is 0 Å². The highest BCUT2D eigenvalue weighted by Gasteiger charge is 2.54. The second-order valence-electron chi connectivity index (χ2n) is 5.63. The number of benzene rings is 1. The lowest BCUT2D eigenvalue weighted by Crippen LogP contribution is -2.59. The van der Waals surface area contributed by atoms with E-state index in [1.54, 1.807) is 0 Å². The minimum absolute atomic E-state index is 0.315. The summed E-state index contributed by atoms with van der Waals surface area (Å²) >= 11 is 0. The van der Waals surface area contributed by atoms with Gasteiger partial charge in [0.25, 0.3) is 0 Å². The van der Waals surface area contributed by atoms with Gasteiger partial charge >= 0.3 is 0 Å². The first kappa shape index (κ1) is 12.2. The van der Waals surface area contributed by atoms with Crippen molar-refractivity contribution >= 4 is 0 Å². The second-order valence-corrected chi connectivity index (χ2v) is 5.63. The number of fused-ring (bicyclic) bond motifs is 1. The van der Waals surface area contributed by atoms with Crippen LogP contribution in [0.5, 0.6) is 0 Å². The molecule has 3 heteroatoms. The number of aliphatic hydroxyl groups is 1. The first-order valence-corrected chi connectivity index (χ1v) is 6.80. The standard InChI is InChI=1S/C15H21NO2/c16-10-14(15(17)7-3-9-18-11-15)8-6-12-4-1-2-5-13(12)14/h1-2,4-5,17H,3,6-11,16H2. The summed E-state index contributed by atoms with van der Waals surface area (Å²) in [5.41, 5.74) is 7.54. The molecule has 0 aromatic heterocycles. The summed E-state index contributed by atoms with van der Waals surface area (Å²) in [7, 11) is 0. The summed E-state index contributed by atoms with van der Waals surface area (Å²) in [6.45, 7) is 1.66. The minimum atomic E-state index is -0.799. The largest absolute Gasteiger partial charge is 0.386 e. The number of ether oxygens (including phenoxy) is 1. The van der Waals surface area contributed by atoms with Crippen molar-refractivity contribution in [2.75, 3.05) is 19.8 Å². The third-order valence-electron chi connectivity index (χ3n) is 4.81. The molecule has 0 amide bonds. The second kappa shape index (κ2) is 4.34. The van der Waals surface area contributed by atoms with Gasteiger partial charge in [0.15, 0.2) is 0 Å². The molecule has 2 atom stereocenters. The van der Waals surface area contributed by atoms with Gasteiger partial charge < -0.3 is 15.6 Å². The number of hydrogen-bond acceptors (Lipinski definition) is 3. The average Bonchev–Trinajstić information content (AvgIpc) is 2.80. The van der Waals surface area contributed by atoms with Gasteiger partial charge in [0.2, 0.25) is 0 Å². The first-order chi connectivity index (χ1) is 8.72. The van der Waals surface area contributed by atoms with E-state index < -0.39 is 5.60 Å². The fourth-order valence-corrected chi connectivity index (χ4v) is 3.73. The summed E-state index contributed by atoms with van der Waals surface area (Å²) in [6, 6.07) is 8.38. The molecule has 0 radical (unpaired) electrons. The molecule has 2 aliphatic rings. The zero-order valence-corrected chi connectivity index (χ0v) is 10.7. The smallest absolute Gasteiger partial charge is 0.0989 e. The van der Waals surface area contributed by atoms with Crippen LogP contribution in [0, 0.1) is 0 Å². The summed E-state index contributed by atoms with van der Waals surface area (Å²) in [5.74, 6) is 0. The van der Waals surface area contributed by atoms with Gasteiger partial charge in [-0.3, -0.25) is 0 Å². The topological polar surface area (TPSA) is 55.5 Å². The van der Waals surface area contributed by atoms with Crippen LogP contribution in [0.2, 0.25) is 0 Å². The van der Waals surface area contributed by atoms with Gasteiger partial charge in [-0.05, 0) is 36.8 Å². The van der Waals surface area contributed by atoms with Gasteiger partial charge in [-0.2, -0.15) is 0 Å². The zero-order valence-electron chi connectivity index (χ0n) is 10.7. The third-order valence-corrected chi connectivity index (χ3v) is 4.81. The SMILES string of the molecule is NCC1(C2(O)CCCOC2)CCc2ccccc21. The van der Waals surface area contributed by atoms with E-state index >= 15 is 0 Å². The summed E-state index contributed by atoms with van der Waals surface area (Å²) in [5, 5.41) is 11.1. The van der Waals surface area contributed by atoms with Crippen LogP contribution in [0.3, 0.4) is 0 Å². The maximum atomic E-state index is 11.1. The lowest BCUT2D eigenvalue weighted by Gasteiger charge is -2.47. The summed E-state index contributed by atoms with van der Waals surface area (Å²) in [6.07, 6.45) is 3.65. The zero-order chi connectivity index (χ0) is 12.6. The van der Waals surface area contributed by atoms with Gasteiger partial charge in [-0.15, -0.1) is 0 Å². The number of aryl methyl sites for hydroxylation is 1. The van der Waals surface area contributed by atoms with Crippen molar-refractivity contribution in [2.24, 2.45) is 5.73 Å². The monoisotopic (exact) mass is 247 g/mol. The van der Waals surface area contributed by atoms with Crippen LogP contribution in [-0.2, 0) is 16.6 Å². The highest BCUT2D eigenvalue weighted by atomic mass is 16.5. The van der Waals surface area contributed by atoms with E-state index in [0.29, 0.717) is 13.2 Å². The molecule has 1 aliphatic heterocycles. The fourth-order valence-electron chi connectivity index (χ4n) is 3.73. The van der Waals surface area contributed by atoms with Crippen LogP contribution in [0.4, 0.5) is 0 Å². The van der Waals surface area contributed by atoms with Crippen molar-refractivity contribution in [3.63, 3.8) is 0 Å². The van der Waals surface area contributed by atoms with Crippen LogP contribution in [0.25, 0.3) is 0 Å². The van der Waals surface area contributed by atoms with Crippen LogP contribution in [0.15, 0.2) is 24.3 Å². The molecule has 1 heterocycles. The highest BCUT2D eigenvalue weighted by Crippen LogP contribution is 2.48. The Bertz CT molecular complexity index is 440. The lowest BCUT2D eigenvalue weighted by atomic mass is 9.65. The number of nitrogens with two attached hydrogens (primary N) is 1. The van der Waals surface area contributed by atoms with E-state index in [9.17, 15) is 5.11 Å². The minimum Gasteiger partial charge on any atom is -0.386 e. The first-order valence-electron chi connectivity index (χ1n) is 6.80. The van der Waals surface area contributed by atoms with Crippen molar-refractivity contribution in [2.45, 2.75) is 36.7 Å². The Kier molecular flexibility index (Phi) is 2.93. The normalized spacial score (nSPS) is 35.4. The molecule has 1 aliphatic carbocycles. The van der Waals surface area contributed by atoms with Gasteiger partial charge in [0.05, 0.1) is 12.2 Å². The number of rotatable bonds is 2. The van der Waals surface area contributed by atoms with Crippen LogP contribution >= 0.6 is 0 Å². The molecule has 1 saturated heterocycles. The maximum absolute atomic E-state index is 11.1. The van der Waals surface area contributed by atoms with E-state index in [0.717, 1.165) is 32.3 Å². The molecular formula is C15H21NO2. The Morgan fingerprint density at radius 3 is 2.83 bits per heavy atom. The Morgan fingerprint density at radius 2 is 2.11 bits per heavy atom. The molecule has 1 aromatic carbocycles.